The van der Waals surface area contributed by atoms with E-state index in [4.69, 9.17) is 11.5 Å². The molecule has 7 heteroatoms. The molecule has 0 saturated heterocycles. The van der Waals surface area contributed by atoms with Crippen LogP contribution in [0.2, 0.25) is 0 Å². The van der Waals surface area contributed by atoms with E-state index < -0.39 is 0 Å². The average molecular weight is 222 g/mol. The summed E-state index contributed by atoms with van der Waals surface area (Å²) >= 11 is 0. The SMILES string of the molecule is CC(C)C(N)c1nc2nc(N)[nH]c(=O)c2[nH]1. The summed E-state index contributed by atoms with van der Waals surface area (Å²) < 4.78 is 0. The normalized spacial score (nSPS) is 13.5. The van der Waals surface area contributed by atoms with Gasteiger partial charge in [0.15, 0.2) is 11.2 Å². The van der Waals surface area contributed by atoms with E-state index in [1.54, 1.807) is 0 Å². The number of nitrogen functional groups attached to an aromatic ring is 1. The standard InChI is InChI=1S/C9H14N6O/c1-3(2)4(10)6-12-5-7(13-6)14-9(11)15-8(5)16/h3-4H,10H2,1-2H3,(H4,11,12,13,14,15,16). The molecule has 0 aliphatic carbocycles. The molecule has 2 heterocycles. The summed E-state index contributed by atoms with van der Waals surface area (Å²) in [5, 5.41) is 0. The summed E-state index contributed by atoms with van der Waals surface area (Å²) in [6, 6.07) is -0.255. The predicted octanol–water partition coefficient (Wildman–Crippen LogP) is -0.116. The molecule has 0 radical (unpaired) electrons. The van der Waals surface area contributed by atoms with Gasteiger partial charge in [0.1, 0.15) is 5.82 Å². The van der Waals surface area contributed by atoms with Gasteiger partial charge in [-0.3, -0.25) is 9.78 Å². The third-order valence-electron chi connectivity index (χ3n) is 2.43. The first-order chi connectivity index (χ1) is 7.49. The quantitative estimate of drug-likeness (QED) is 0.563. The maximum absolute atomic E-state index is 11.5. The summed E-state index contributed by atoms with van der Waals surface area (Å²) in [4.78, 5) is 24.9. The number of aromatic nitrogens is 4. The highest BCUT2D eigenvalue weighted by Crippen LogP contribution is 2.17. The topological polar surface area (TPSA) is 126 Å². The van der Waals surface area contributed by atoms with E-state index in [9.17, 15) is 4.79 Å². The van der Waals surface area contributed by atoms with Crippen molar-refractivity contribution in [1.29, 1.82) is 0 Å². The molecule has 7 nitrogen and oxygen atoms in total. The molecule has 2 aromatic heterocycles. The summed E-state index contributed by atoms with van der Waals surface area (Å²) in [7, 11) is 0. The number of hydrogen-bond acceptors (Lipinski definition) is 5. The van der Waals surface area contributed by atoms with Crippen molar-refractivity contribution in [3.63, 3.8) is 0 Å². The zero-order chi connectivity index (χ0) is 11.9. The maximum atomic E-state index is 11.5. The molecule has 0 bridgehead atoms. The van der Waals surface area contributed by atoms with E-state index in [2.05, 4.69) is 19.9 Å². The second-order valence-electron chi connectivity index (χ2n) is 4.04. The molecular weight excluding hydrogens is 208 g/mol. The fourth-order valence-corrected chi connectivity index (χ4v) is 1.42. The summed E-state index contributed by atoms with van der Waals surface area (Å²) in [5.41, 5.74) is 11.6. The summed E-state index contributed by atoms with van der Waals surface area (Å²) in [6.45, 7) is 3.95. The van der Waals surface area contributed by atoms with Crippen LogP contribution in [0.15, 0.2) is 4.79 Å². The molecule has 0 fully saturated rings. The van der Waals surface area contributed by atoms with Crippen molar-refractivity contribution in [3.8, 4) is 0 Å². The first-order valence-corrected chi connectivity index (χ1v) is 5.00. The van der Waals surface area contributed by atoms with Crippen LogP contribution in [0.3, 0.4) is 0 Å². The number of imidazole rings is 1. The van der Waals surface area contributed by atoms with Crippen LogP contribution in [0.25, 0.3) is 11.2 Å². The molecule has 6 N–H and O–H groups in total. The van der Waals surface area contributed by atoms with Crippen LogP contribution < -0.4 is 17.0 Å². The highest BCUT2D eigenvalue weighted by molar-refractivity contribution is 5.70. The third-order valence-corrected chi connectivity index (χ3v) is 2.43. The van der Waals surface area contributed by atoms with E-state index in [-0.39, 0.29) is 23.5 Å². The minimum atomic E-state index is -0.336. The lowest BCUT2D eigenvalue weighted by Gasteiger charge is -2.11. The van der Waals surface area contributed by atoms with Crippen molar-refractivity contribution in [3.05, 3.63) is 16.2 Å². The fraction of sp³-hybridized carbons (Fsp3) is 0.444. The zero-order valence-corrected chi connectivity index (χ0v) is 9.11. The van der Waals surface area contributed by atoms with Gasteiger partial charge >= 0.3 is 0 Å². The Bertz CT molecular complexity index is 569. The maximum Gasteiger partial charge on any atom is 0.278 e. The van der Waals surface area contributed by atoms with Gasteiger partial charge in [0.05, 0.1) is 6.04 Å². The fourth-order valence-electron chi connectivity index (χ4n) is 1.42. The lowest BCUT2D eigenvalue weighted by atomic mass is 10.1. The van der Waals surface area contributed by atoms with Crippen molar-refractivity contribution in [1.82, 2.24) is 19.9 Å². The molecule has 1 atom stereocenters. The van der Waals surface area contributed by atoms with E-state index in [1.807, 2.05) is 13.8 Å². The Kier molecular flexibility index (Phi) is 2.39. The molecule has 0 saturated carbocycles. The summed E-state index contributed by atoms with van der Waals surface area (Å²) in [5.74, 6) is 0.819. The number of nitrogens with one attached hydrogen (secondary N) is 2. The Labute approximate surface area is 91.3 Å². The van der Waals surface area contributed by atoms with Gasteiger partial charge < -0.3 is 16.5 Å². The first kappa shape index (κ1) is 10.6. The largest absolute Gasteiger partial charge is 0.369 e. The van der Waals surface area contributed by atoms with Gasteiger partial charge in [0.2, 0.25) is 5.95 Å². The highest BCUT2D eigenvalue weighted by Gasteiger charge is 2.16. The van der Waals surface area contributed by atoms with E-state index >= 15 is 0 Å². The molecule has 0 aliphatic heterocycles. The zero-order valence-electron chi connectivity index (χ0n) is 9.11. The average Bonchev–Trinajstić information content (AvgIpc) is 2.60. The van der Waals surface area contributed by atoms with Crippen LogP contribution in [0, 0.1) is 5.92 Å². The Morgan fingerprint density at radius 2 is 1.94 bits per heavy atom. The molecule has 0 amide bonds. The Balaban J connectivity index is 2.60. The second kappa shape index (κ2) is 3.60. The van der Waals surface area contributed by atoms with E-state index in [1.165, 1.54) is 0 Å². The molecule has 0 aromatic carbocycles. The molecular formula is C9H14N6O. The minimum absolute atomic E-state index is 0.0497. The number of hydrogen-bond donors (Lipinski definition) is 4. The van der Waals surface area contributed by atoms with Gasteiger partial charge in [-0.1, -0.05) is 13.8 Å². The van der Waals surface area contributed by atoms with Crippen molar-refractivity contribution in [2.75, 3.05) is 5.73 Å². The van der Waals surface area contributed by atoms with Crippen molar-refractivity contribution >= 4 is 17.1 Å². The Morgan fingerprint density at radius 3 is 2.56 bits per heavy atom. The van der Waals surface area contributed by atoms with E-state index in [0.717, 1.165) is 0 Å². The van der Waals surface area contributed by atoms with Crippen molar-refractivity contribution in [2.45, 2.75) is 19.9 Å². The molecule has 0 spiro atoms. The Morgan fingerprint density at radius 1 is 1.25 bits per heavy atom. The van der Waals surface area contributed by atoms with Gasteiger partial charge in [0, 0.05) is 0 Å². The number of rotatable bonds is 2. The first-order valence-electron chi connectivity index (χ1n) is 5.00. The van der Waals surface area contributed by atoms with Gasteiger partial charge in [-0.25, -0.2) is 4.98 Å². The van der Waals surface area contributed by atoms with Crippen molar-refractivity contribution in [2.24, 2.45) is 11.7 Å². The molecule has 86 valence electrons. The van der Waals surface area contributed by atoms with Crippen LogP contribution in [0.4, 0.5) is 5.95 Å². The number of fused-ring (bicyclic) bond motifs is 1. The number of nitrogens with two attached hydrogens (primary N) is 2. The Hall–Kier alpha value is -1.89. The van der Waals surface area contributed by atoms with Crippen molar-refractivity contribution < 1.29 is 0 Å². The number of nitrogens with zero attached hydrogens (tertiary/aromatic N) is 2. The minimum Gasteiger partial charge on any atom is -0.369 e. The lowest BCUT2D eigenvalue weighted by molar-refractivity contribution is 0.495. The molecule has 2 rings (SSSR count). The van der Waals surface area contributed by atoms with E-state index in [0.29, 0.717) is 17.0 Å². The second-order valence-corrected chi connectivity index (χ2v) is 4.04. The van der Waals surface area contributed by atoms with Crippen LogP contribution in [-0.2, 0) is 0 Å². The van der Waals surface area contributed by atoms with Crippen LogP contribution >= 0.6 is 0 Å². The smallest absolute Gasteiger partial charge is 0.278 e. The lowest BCUT2D eigenvalue weighted by Crippen LogP contribution is -2.18. The molecule has 0 aliphatic rings. The monoisotopic (exact) mass is 222 g/mol. The predicted molar refractivity (Wildman–Crippen MR) is 60.7 cm³/mol. The van der Waals surface area contributed by atoms with Gasteiger partial charge in [-0.2, -0.15) is 4.98 Å². The number of H-pyrrole nitrogens is 2. The summed E-state index contributed by atoms with van der Waals surface area (Å²) in [6.07, 6.45) is 0. The third kappa shape index (κ3) is 1.65. The van der Waals surface area contributed by atoms with Gasteiger partial charge in [0.25, 0.3) is 5.56 Å². The molecule has 1 unspecified atom stereocenters. The van der Waals surface area contributed by atoms with Crippen LogP contribution in [-0.4, -0.2) is 19.9 Å². The number of anilines is 1. The van der Waals surface area contributed by atoms with Gasteiger partial charge in [-0.05, 0) is 5.92 Å². The highest BCUT2D eigenvalue weighted by atomic mass is 16.1. The van der Waals surface area contributed by atoms with Crippen LogP contribution in [0.1, 0.15) is 25.7 Å². The molecule has 16 heavy (non-hydrogen) atoms. The molecule has 2 aromatic rings. The van der Waals surface area contributed by atoms with Crippen LogP contribution in [0.5, 0.6) is 0 Å². The van der Waals surface area contributed by atoms with Gasteiger partial charge in [-0.15, -0.1) is 0 Å². The number of aromatic amines is 2.